The molecule has 1 unspecified atom stereocenters. The highest BCUT2D eigenvalue weighted by Crippen LogP contribution is 2.14. The van der Waals surface area contributed by atoms with Gasteiger partial charge in [0.25, 0.3) is 0 Å². The van der Waals surface area contributed by atoms with Crippen molar-refractivity contribution in [3.05, 3.63) is 0 Å². The van der Waals surface area contributed by atoms with E-state index in [4.69, 9.17) is 4.74 Å². The van der Waals surface area contributed by atoms with Crippen LogP contribution in [0.2, 0.25) is 0 Å². The third-order valence-corrected chi connectivity index (χ3v) is 3.15. The summed E-state index contributed by atoms with van der Waals surface area (Å²) in [7, 11) is 0. The van der Waals surface area contributed by atoms with Gasteiger partial charge < -0.3 is 15.4 Å². The number of hydrogen-bond acceptors (Lipinski definition) is 7. The van der Waals surface area contributed by atoms with Gasteiger partial charge >= 0.3 is 6.01 Å². The van der Waals surface area contributed by atoms with Gasteiger partial charge in [0.15, 0.2) is 0 Å². The van der Waals surface area contributed by atoms with Crippen LogP contribution in [-0.2, 0) is 0 Å². The predicted molar refractivity (Wildman–Crippen MR) is 81.2 cm³/mol. The lowest BCUT2D eigenvalue weighted by molar-refractivity contribution is 0.312. The molecule has 1 atom stereocenters. The second-order valence-corrected chi connectivity index (χ2v) is 4.84. The Labute approximate surface area is 119 Å². The van der Waals surface area contributed by atoms with Gasteiger partial charge in [-0.1, -0.05) is 6.92 Å². The molecule has 0 aliphatic carbocycles. The molecular weight excluding hydrogens is 262 g/mol. The van der Waals surface area contributed by atoms with E-state index in [9.17, 15) is 0 Å². The summed E-state index contributed by atoms with van der Waals surface area (Å²) in [6.45, 7) is 7.35. The second-order valence-electron chi connectivity index (χ2n) is 3.93. The molecule has 108 valence electrons. The summed E-state index contributed by atoms with van der Waals surface area (Å²) in [6, 6.07) is 0.705. The van der Waals surface area contributed by atoms with Crippen LogP contribution in [0.3, 0.4) is 0 Å². The van der Waals surface area contributed by atoms with Gasteiger partial charge in [0, 0.05) is 18.3 Å². The van der Waals surface area contributed by atoms with Crippen LogP contribution in [-0.4, -0.2) is 46.2 Å². The fourth-order valence-electron chi connectivity index (χ4n) is 1.50. The molecule has 0 amide bonds. The molecule has 0 aromatic carbocycles. The number of anilines is 2. The first-order valence-corrected chi connectivity index (χ1v) is 8.01. The smallest absolute Gasteiger partial charge is 0.323 e. The first-order chi connectivity index (χ1) is 9.23. The summed E-state index contributed by atoms with van der Waals surface area (Å²) in [4.78, 5) is 12.8. The maximum atomic E-state index is 5.36. The third kappa shape index (κ3) is 5.50. The van der Waals surface area contributed by atoms with Gasteiger partial charge in [0.2, 0.25) is 11.9 Å². The molecule has 0 aliphatic heterocycles. The third-order valence-electron chi connectivity index (χ3n) is 2.42. The highest BCUT2D eigenvalue weighted by Gasteiger charge is 2.11. The molecule has 19 heavy (non-hydrogen) atoms. The normalized spacial score (nSPS) is 12.0. The molecule has 0 saturated carbocycles. The molecule has 0 saturated heterocycles. The number of hydrogen-bond donors (Lipinski definition) is 2. The van der Waals surface area contributed by atoms with Gasteiger partial charge in [-0.2, -0.15) is 26.7 Å². The number of ether oxygens (including phenoxy) is 1. The van der Waals surface area contributed by atoms with Gasteiger partial charge in [-0.3, -0.25) is 0 Å². The average Bonchev–Trinajstić information content (AvgIpc) is 2.39. The van der Waals surface area contributed by atoms with Gasteiger partial charge in [-0.05, 0) is 26.5 Å². The van der Waals surface area contributed by atoms with E-state index in [-0.39, 0.29) is 0 Å². The van der Waals surface area contributed by atoms with E-state index >= 15 is 0 Å². The van der Waals surface area contributed by atoms with Crippen molar-refractivity contribution in [1.82, 2.24) is 15.0 Å². The molecule has 0 radical (unpaired) electrons. The van der Waals surface area contributed by atoms with Gasteiger partial charge in [0.05, 0.1) is 6.61 Å². The Morgan fingerprint density at radius 1 is 1.16 bits per heavy atom. The number of rotatable bonds is 9. The summed E-state index contributed by atoms with van der Waals surface area (Å²) in [5.41, 5.74) is 0. The van der Waals surface area contributed by atoms with Crippen LogP contribution in [0.15, 0.2) is 0 Å². The van der Waals surface area contributed by atoms with Crippen LogP contribution >= 0.6 is 11.8 Å². The molecule has 0 fully saturated rings. The maximum Gasteiger partial charge on any atom is 0.323 e. The minimum absolute atomic E-state index is 0.348. The minimum atomic E-state index is 0.348. The number of nitrogens with one attached hydrogen (secondary N) is 2. The Morgan fingerprint density at radius 2 is 1.89 bits per heavy atom. The minimum Gasteiger partial charge on any atom is -0.464 e. The first-order valence-electron chi connectivity index (χ1n) is 6.61. The maximum absolute atomic E-state index is 5.36. The van der Waals surface area contributed by atoms with Crippen molar-refractivity contribution in [2.24, 2.45) is 0 Å². The molecule has 0 bridgehead atoms. The average molecular weight is 285 g/mol. The summed E-state index contributed by atoms with van der Waals surface area (Å²) < 4.78 is 5.36. The molecule has 1 aromatic rings. The molecule has 2 N–H and O–H groups in total. The van der Waals surface area contributed by atoms with E-state index in [0.717, 1.165) is 18.7 Å². The zero-order valence-electron chi connectivity index (χ0n) is 12.1. The summed E-state index contributed by atoms with van der Waals surface area (Å²) in [5.74, 6) is 2.13. The first kappa shape index (κ1) is 15.8. The molecule has 7 heteroatoms. The number of aromatic nitrogens is 3. The van der Waals surface area contributed by atoms with E-state index in [0.29, 0.717) is 30.6 Å². The second kappa shape index (κ2) is 8.79. The van der Waals surface area contributed by atoms with Crippen molar-refractivity contribution in [2.75, 3.05) is 35.8 Å². The molecule has 0 aliphatic rings. The lowest BCUT2D eigenvalue weighted by atomic mass is 10.3. The van der Waals surface area contributed by atoms with E-state index in [2.05, 4.69) is 38.8 Å². The molecule has 6 nitrogen and oxygen atoms in total. The van der Waals surface area contributed by atoms with Gasteiger partial charge in [0.1, 0.15) is 0 Å². The van der Waals surface area contributed by atoms with Crippen molar-refractivity contribution in [1.29, 1.82) is 0 Å². The van der Waals surface area contributed by atoms with Crippen molar-refractivity contribution >= 4 is 23.7 Å². The lowest BCUT2D eigenvalue weighted by Crippen LogP contribution is -2.23. The number of thioether (sulfide) groups is 1. The van der Waals surface area contributed by atoms with E-state index in [1.165, 1.54) is 0 Å². The fourth-order valence-corrected chi connectivity index (χ4v) is 2.22. The van der Waals surface area contributed by atoms with E-state index in [1.54, 1.807) is 11.8 Å². The molecule has 0 spiro atoms. The molecular formula is C12H23N5OS. The van der Waals surface area contributed by atoms with Crippen LogP contribution < -0.4 is 15.4 Å². The Kier molecular flexibility index (Phi) is 7.32. The quantitative estimate of drug-likeness (QED) is 0.721. The van der Waals surface area contributed by atoms with Crippen molar-refractivity contribution in [2.45, 2.75) is 33.2 Å². The Bertz CT molecular complexity index is 353. The fraction of sp³-hybridized carbons (Fsp3) is 0.750. The van der Waals surface area contributed by atoms with Crippen molar-refractivity contribution < 1.29 is 4.74 Å². The van der Waals surface area contributed by atoms with Crippen molar-refractivity contribution in [3.63, 3.8) is 0 Å². The SMILES string of the molecule is CCNc1nc(NC(CC)CSC)nc(OCC)n1. The highest BCUT2D eigenvalue weighted by molar-refractivity contribution is 7.98. The monoisotopic (exact) mass is 285 g/mol. The Morgan fingerprint density at radius 3 is 2.47 bits per heavy atom. The molecule has 1 rings (SSSR count). The van der Waals surface area contributed by atoms with Crippen LogP contribution in [0.4, 0.5) is 11.9 Å². The summed E-state index contributed by atoms with van der Waals surface area (Å²) in [6.07, 6.45) is 3.11. The highest BCUT2D eigenvalue weighted by atomic mass is 32.2. The zero-order valence-corrected chi connectivity index (χ0v) is 12.9. The largest absolute Gasteiger partial charge is 0.464 e. The Hall–Kier alpha value is -1.24. The van der Waals surface area contributed by atoms with Crippen LogP contribution in [0.5, 0.6) is 6.01 Å². The van der Waals surface area contributed by atoms with Crippen LogP contribution in [0.1, 0.15) is 27.2 Å². The van der Waals surface area contributed by atoms with Crippen LogP contribution in [0, 0.1) is 0 Å². The zero-order chi connectivity index (χ0) is 14.1. The van der Waals surface area contributed by atoms with Gasteiger partial charge in [-0.25, -0.2) is 0 Å². The predicted octanol–water partition coefficient (Wildman–Crippen LogP) is 2.26. The summed E-state index contributed by atoms with van der Waals surface area (Å²) >= 11 is 1.80. The molecule has 1 heterocycles. The van der Waals surface area contributed by atoms with Gasteiger partial charge in [-0.15, -0.1) is 0 Å². The van der Waals surface area contributed by atoms with Crippen LogP contribution in [0.25, 0.3) is 0 Å². The number of nitrogens with zero attached hydrogens (tertiary/aromatic N) is 3. The molecule has 1 aromatic heterocycles. The standard InChI is InChI=1S/C12H23N5OS/c1-5-9(8-19-4)14-11-15-10(13-6-2)16-12(17-11)18-7-3/h9H,5-8H2,1-4H3,(H2,13,14,15,16,17). The van der Waals surface area contributed by atoms with E-state index in [1.807, 2.05) is 13.8 Å². The topological polar surface area (TPSA) is 72.0 Å². The Balaban J connectivity index is 2.84. The van der Waals surface area contributed by atoms with Crippen molar-refractivity contribution in [3.8, 4) is 6.01 Å². The van der Waals surface area contributed by atoms with E-state index < -0.39 is 0 Å². The lowest BCUT2D eigenvalue weighted by Gasteiger charge is -2.16. The summed E-state index contributed by atoms with van der Waals surface area (Å²) in [5, 5.41) is 6.41.